The summed E-state index contributed by atoms with van der Waals surface area (Å²) >= 11 is 1.74. The van der Waals surface area contributed by atoms with Crippen molar-refractivity contribution in [1.82, 2.24) is 10.3 Å². The molecule has 1 aromatic heterocycles. The largest absolute Gasteiger partial charge is 0.370 e. The maximum Gasteiger partial charge on any atom is 0.188 e. The Bertz CT molecular complexity index is 438. The van der Waals surface area contributed by atoms with Crippen LogP contribution in [-0.2, 0) is 11.8 Å². The van der Waals surface area contributed by atoms with Crippen molar-refractivity contribution in [3.63, 3.8) is 0 Å². The molecule has 22 heavy (non-hydrogen) atoms. The summed E-state index contributed by atoms with van der Waals surface area (Å²) in [6.07, 6.45) is 5.78. The Morgan fingerprint density at radius 2 is 2.05 bits per heavy atom. The Morgan fingerprint density at radius 3 is 2.64 bits per heavy atom. The van der Waals surface area contributed by atoms with Crippen LogP contribution in [0.15, 0.2) is 10.4 Å². The van der Waals surface area contributed by atoms with Crippen LogP contribution in [-0.4, -0.2) is 24.0 Å². The van der Waals surface area contributed by atoms with Gasteiger partial charge < -0.3 is 11.1 Å². The van der Waals surface area contributed by atoms with Crippen LogP contribution < -0.4 is 11.1 Å². The van der Waals surface area contributed by atoms with Crippen molar-refractivity contribution in [2.24, 2.45) is 10.7 Å². The highest BCUT2D eigenvalue weighted by Crippen LogP contribution is 2.25. The van der Waals surface area contributed by atoms with Crippen LogP contribution in [0.25, 0.3) is 0 Å². The molecule has 6 heteroatoms. The second-order valence-electron chi connectivity index (χ2n) is 6.40. The number of unbranched alkanes of at least 4 members (excludes halogenated alkanes) is 3. The highest BCUT2D eigenvalue weighted by molar-refractivity contribution is 14.0. The minimum Gasteiger partial charge on any atom is -0.370 e. The van der Waals surface area contributed by atoms with Gasteiger partial charge in [0.15, 0.2) is 5.96 Å². The van der Waals surface area contributed by atoms with E-state index >= 15 is 0 Å². The maximum atomic E-state index is 5.85. The summed E-state index contributed by atoms with van der Waals surface area (Å²) in [5.41, 5.74) is 7.11. The number of aliphatic imine (C=N–C) groups is 1. The van der Waals surface area contributed by atoms with E-state index < -0.39 is 0 Å². The molecule has 0 amide bonds. The third-order valence-electron chi connectivity index (χ3n) is 3.17. The second kappa shape index (κ2) is 11.2. The van der Waals surface area contributed by atoms with Gasteiger partial charge >= 0.3 is 0 Å². The van der Waals surface area contributed by atoms with E-state index in [2.05, 4.69) is 48.4 Å². The number of guanidine groups is 1. The van der Waals surface area contributed by atoms with Crippen molar-refractivity contribution in [1.29, 1.82) is 0 Å². The Hall–Kier alpha value is -0.370. The molecule has 0 bridgehead atoms. The van der Waals surface area contributed by atoms with Crippen LogP contribution in [0.4, 0.5) is 0 Å². The molecule has 0 radical (unpaired) electrons. The van der Waals surface area contributed by atoms with E-state index in [1.54, 1.807) is 11.3 Å². The molecule has 0 atom stereocenters. The SMILES string of the molecule is CCCCCCN=C(N)NCCc1csc(C(C)(C)C)n1.I. The van der Waals surface area contributed by atoms with Gasteiger partial charge in [0, 0.05) is 30.3 Å². The van der Waals surface area contributed by atoms with Gasteiger partial charge in [-0.3, -0.25) is 4.99 Å². The lowest BCUT2D eigenvalue weighted by molar-refractivity contribution is 0.582. The third kappa shape index (κ3) is 8.92. The minimum atomic E-state index is 0. The maximum absolute atomic E-state index is 5.85. The van der Waals surface area contributed by atoms with Gasteiger partial charge in [0.05, 0.1) is 10.7 Å². The van der Waals surface area contributed by atoms with Crippen LogP contribution in [0.2, 0.25) is 0 Å². The van der Waals surface area contributed by atoms with Gasteiger partial charge in [-0.25, -0.2) is 4.98 Å². The van der Waals surface area contributed by atoms with Crippen molar-refractivity contribution in [3.8, 4) is 0 Å². The first-order valence-corrected chi connectivity index (χ1v) is 8.80. The fourth-order valence-corrected chi connectivity index (χ4v) is 2.82. The Balaban J connectivity index is 0.00000441. The Labute approximate surface area is 156 Å². The molecule has 0 aromatic carbocycles. The van der Waals surface area contributed by atoms with Crippen LogP contribution in [0.5, 0.6) is 0 Å². The molecule has 0 aliphatic rings. The van der Waals surface area contributed by atoms with Gasteiger partial charge in [-0.1, -0.05) is 47.0 Å². The van der Waals surface area contributed by atoms with Crippen LogP contribution in [0.1, 0.15) is 64.1 Å². The summed E-state index contributed by atoms with van der Waals surface area (Å²) in [4.78, 5) is 9.01. The number of hydrogen-bond acceptors (Lipinski definition) is 3. The van der Waals surface area contributed by atoms with Crippen molar-refractivity contribution < 1.29 is 0 Å². The topological polar surface area (TPSA) is 63.3 Å². The highest BCUT2D eigenvalue weighted by atomic mass is 127. The van der Waals surface area contributed by atoms with Crippen LogP contribution >= 0.6 is 35.3 Å². The van der Waals surface area contributed by atoms with Gasteiger partial charge in [-0.05, 0) is 6.42 Å². The third-order valence-corrected chi connectivity index (χ3v) is 4.49. The molecule has 0 aliphatic carbocycles. The number of nitrogens with two attached hydrogens (primary N) is 1. The van der Waals surface area contributed by atoms with Crippen molar-refractivity contribution in [2.75, 3.05) is 13.1 Å². The van der Waals surface area contributed by atoms with Crippen LogP contribution in [0.3, 0.4) is 0 Å². The van der Waals surface area contributed by atoms with Crippen molar-refractivity contribution in [3.05, 3.63) is 16.1 Å². The van der Waals surface area contributed by atoms with E-state index in [9.17, 15) is 0 Å². The zero-order valence-corrected chi connectivity index (χ0v) is 17.5. The number of rotatable bonds is 8. The van der Waals surface area contributed by atoms with Crippen molar-refractivity contribution >= 4 is 41.3 Å². The first-order valence-electron chi connectivity index (χ1n) is 7.92. The fourth-order valence-electron chi connectivity index (χ4n) is 1.88. The van der Waals surface area contributed by atoms with E-state index in [1.807, 2.05) is 0 Å². The normalized spacial score (nSPS) is 12.1. The number of nitrogens with zero attached hydrogens (tertiary/aromatic N) is 2. The molecule has 0 saturated carbocycles. The molecule has 128 valence electrons. The first-order chi connectivity index (χ1) is 9.93. The average Bonchev–Trinajstić information content (AvgIpc) is 2.87. The zero-order chi connectivity index (χ0) is 15.7. The van der Waals surface area contributed by atoms with E-state index in [4.69, 9.17) is 5.73 Å². The summed E-state index contributed by atoms with van der Waals surface area (Å²) in [7, 11) is 0. The fraction of sp³-hybridized carbons (Fsp3) is 0.750. The van der Waals surface area contributed by atoms with E-state index in [0.29, 0.717) is 5.96 Å². The molecular weight excluding hydrogens is 407 g/mol. The standard InChI is InChI=1S/C16H30N4S.HI/c1-5-6-7-8-10-18-15(17)19-11-9-13-12-21-14(20-13)16(2,3)4;/h12H,5-11H2,1-4H3,(H3,17,18,19);1H. The Morgan fingerprint density at radius 1 is 1.32 bits per heavy atom. The van der Waals surface area contributed by atoms with Gasteiger partial charge in [0.2, 0.25) is 0 Å². The highest BCUT2D eigenvalue weighted by Gasteiger charge is 2.17. The lowest BCUT2D eigenvalue weighted by Gasteiger charge is -2.13. The number of halogens is 1. The zero-order valence-electron chi connectivity index (χ0n) is 14.3. The first kappa shape index (κ1) is 21.6. The number of nitrogens with one attached hydrogen (secondary N) is 1. The molecular formula is C16H31IN4S. The lowest BCUT2D eigenvalue weighted by atomic mass is 9.98. The average molecular weight is 438 g/mol. The summed E-state index contributed by atoms with van der Waals surface area (Å²) in [6.45, 7) is 10.4. The predicted molar refractivity (Wildman–Crippen MR) is 109 cm³/mol. The molecule has 1 rings (SSSR count). The second-order valence-corrected chi connectivity index (χ2v) is 7.26. The molecule has 0 spiro atoms. The van der Waals surface area contributed by atoms with Gasteiger partial charge in [0.1, 0.15) is 0 Å². The van der Waals surface area contributed by atoms with Crippen LogP contribution in [0, 0.1) is 0 Å². The number of aromatic nitrogens is 1. The van der Waals surface area contributed by atoms with E-state index in [-0.39, 0.29) is 29.4 Å². The molecule has 1 heterocycles. The quantitative estimate of drug-likeness (QED) is 0.278. The molecule has 0 saturated heterocycles. The summed E-state index contributed by atoms with van der Waals surface area (Å²) in [5, 5.41) is 6.49. The summed E-state index contributed by atoms with van der Waals surface area (Å²) in [5.74, 6) is 0.553. The lowest BCUT2D eigenvalue weighted by Crippen LogP contribution is -2.33. The predicted octanol–water partition coefficient (Wildman–Crippen LogP) is 4.09. The summed E-state index contributed by atoms with van der Waals surface area (Å²) in [6, 6.07) is 0. The molecule has 0 fully saturated rings. The molecule has 3 N–H and O–H groups in total. The van der Waals surface area contributed by atoms with Gasteiger partial charge in [-0.15, -0.1) is 35.3 Å². The monoisotopic (exact) mass is 438 g/mol. The molecule has 1 aromatic rings. The van der Waals surface area contributed by atoms with Crippen molar-refractivity contribution in [2.45, 2.75) is 65.2 Å². The van der Waals surface area contributed by atoms with E-state index in [1.165, 1.54) is 24.3 Å². The summed E-state index contributed by atoms with van der Waals surface area (Å²) < 4.78 is 0. The van der Waals surface area contributed by atoms with E-state index in [0.717, 1.165) is 31.6 Å². The van der Waals surface area contributed by atoms with Gasteiger partial charge in [0.25, 0.3) is 0 Å². The van der Waals surface area contributed by atoms with Gasteiger partial charge in [-0.2, -0.15) is 0 Å². The minimum absolute atomic E-state index is 0. The smallest absolute Gasteiger partial charge is 0.188 e. The Kier molecular flexibility index (Phi) is 11.0. The molecule has 0 unspecified atom stereocenters. The molecule has 4 nitrogen and oxygen atoms in total. The number of thiazole rings is 1. The molecule has 0 aliphatic heterocycles. The number of hydrogen-bond donors (Lipinski definition) is 2.